The van der Waals surface area contributed by atoms with Gasteiger partial charge in [0.15, 0.2) is 0 Å². The first-order valence-corrected chi connectivity index (χ1v) is 6.80. The number of nitrogens with one attached hydrogen (secondary N) is 1. The van der Waals surface area contributed by atoms with Crippen LogP contribution in [0.3, 0.4) is 0 Å². The summed E-state index contributed by atoms with van der Waals surface area (Å²) in [5.41, 5.74) is 1.24. The van der Waals surface area contributed by atoms with Crippen LogP contribution in [0.25, 0.3) is 0 Å². The lowest BCUT2D eigenvalue weighted by molar-refractivity contribution is 0.0759. The van der Waals surface area contributed by atoms with Crippen LogP contribution in [-0.2, 0) is 11.3 Å². The van der Waals surface area contributed by atoms with E-state index >= 15 is 0 Å². The van der Waals surface area contributed by atoms with Gasteiger partial charge in [0.05, 0.1) is 12.7 Å². The lowest BCUT2D eigenvalue weighted by Gasteiger charge is -2.13. The van der Waals surface area contributed by atoms with E-state index in [9.17, 15) is 0 Å². The summed E-state index contributed by atoms with van der Waals surface area (Å²) in [6, 6.07) is 8.24. The maximum atomic E-state index is 5.61. The van der Waals surface area contributed by atoms with Gasteiger partial charge in [0.2, 0.25) is 0 Å². The minimum atomic E-state index is 0.259. The molecule has 0 aromatic heterocycles. The van der Waals surface area contributed by atoms with Gasteiger partial charge >= 0.3 is 0 Å². The Morgan fingerprint density at radius 3 is 2.83 bits per heavy atom. The van der Waals surface area contributed by atoms with Crippen molar-refractivity contribution in [2.45, 2.75) is 39.8 Å². The van der Waals surface area contributed by atoms with Crippen molar-refractivity contribution in [2.75, 3.05) is 19.8 Å². The van der Waals surface area contributed by atoms with E-state index in [0.29, 0.717) is 0 Å². The molecule has 0 spiro atoms. The van der Waals surface area contributed by atoms with Crippen LogP contribution >= 0.6 is 0 Å². The van der Waals surface area contributed by atoms with Crippen LogP contribution in [0.15, 0.2) is 24.3 Å². The van der Waals surface area contributed by atoms with E-state index in [1.807, 2.05) is 19.1 Å². The molecule has 0 aliphatic heterocycles. The number of ether oxygens (including phenoxy) is 2. The summed E-state index contributed by atoms with van der Waals surface area (Å²) < 4.78 is 11.1. The van der Waals surface area contributed by atoms with E-state index < -0.39 is 0 Å². The van der Waals surface area contributed by atoms with Crippen molar-refractivity contribution in [3.8, 4) is 5.75 Å². The van der Waals surface area contributed by atoms with Crippen LogP contribution in [-0.4, -0.2) is 25.9 Å². The highest BCUT2D eigenvalue weighted by atomic mass is 16.5. The lowest BCUT2D eigenvalue weighted by Crippen LogP contribution is -2.26. The van der Waals surface area contributed by atoms with E-state index in [1.54, 1.807) is 0 Å². The second kappa shape index (κ2) is 8.95. The second-order valence-corrected chi connectivity index (χ2v) is 4.39. The van der Waals surface area contributed by atoms with Crippen LogP contribution in [0.2, 0.25) is 0 Å². The predicted octanol–water partition coefficient (Wildman–Crippen LogP) is 2.99. The van der Waals surface area contributed by atoms with Gasteiger partial charge in [-0.3, -0.25) is 0 Å². The van der Waals surface area contributed by atoms with Crippen molar-refractivity contribution in [1.29, 1.82) is 0 Å². The van der Waals surface area contributed by atoms with E-state index in [4.69, 9.17) is 9.47 Å². The quantitative estimate of drug-likeness (QED) is 0.732. The van der Waals surface area contributed by atoms with Crippen molar-refractivity contribution in [3.05, 3.63) is 29.8 Å². The van der Waals surface area contributed by atoms with Gasteiger partial charge in [-0.2, -0.15) is 0 Å². The molecule has 1 unspecified atom stereocenters. The van der Waals surface area contributed by atoms with Crippen LogP contribution in [0.4, 0.5) is 0 Å². The Kier molecular flexibility index (Phi) is 7.46. The Bertz CT molecular complexity index is 328. The molecule has 1 atom stereocenters. The molecule has 0 saturated carbocycles. The predicted molar refractivity (Wildman–Crippen MR) is 75.0 cm³/mol. The molecular weight excluding hydrogens is 226 g/mol. The highest BCUT2D eigenvalue weighted by Gasteiger charge is 2.01. The molecule has 0 fully saturated rings. The molecule has 3 nitrogen and oxygen atoms in total. The number of benzene rings is 1. The average molecular weight is 251 g/mol. The molecule has 1 aromatic rings. The summed E-state index contributed by atoms with van der Waals surface area (Å²) >= 11 is 0. The fourth-order valence-electron chi connectivity index (χ4n) is 1.73. The molecule has 1 aromatic carbocycles. The fraction of sp³-hybridized carbons (Fsp3) is 0.600. The third-order valence-corrected chi connectivity index (χ3v) is 2.58. The van der Waals surface area contributed by atoms with Crippen LogP contribution in [0.5, 0.6) is 5.75 Å². The Labute approximate surface area is 110 Å². The van der Waals surface area contributed by atoms with Gasteiger partial charge in [-0.05, 0) is 38.0 Å². The molecule has 18 heavy (non-hydrogen) atoms. The second-order valence-electron chi connectivity index (χ2n) is 4.39. The van der Waals surface area contributed by atoms with Gasteiger partial charge in [-0.25, -0.2) is 0 Å². The maximum absolute atomic E-state index is 5.61. The molecule has 0 aliphatic rings. The highest BCUT2D eigenvalue weighted by molar-refractivity contribution is 5.28. The summed E-state index contributed by atoms with van der Waals surface area (Å²) in [5.74, 6) is 0.953. The minimum Gasteiger partial charge on any atom is -0.494 e. The molecule has 0 aliphatic carbocycles. The number of rotatable bonds is 9. The third-order valence-electron chi connectivity index (χ3n) is 2.58. The van der Waals surface area contributed by atoms with Crippen molar-refractivity contribution in [2.24, 2.45) is 0 Å². The SMILES string of the molecule is CCCOc1cccc(CNCC(C)OCC)c1. The number of hydrogen-bond donors (Lipinski definition) is 1. The van der Waals surface area contributed by atoms with Crippen LogP contribution in [0, 0.1) is 0 Å². The molecular formula is C15H25NO2. The smallest absolute Gasteiger partial charge is 0.119 e. The summed E-state index contributed by atoms with van der Waals surface area (Å²) in [6.45, 7) is 9.47. The molecule has 1 N–H and O–H groups in total. The molecule has 1 rings (SSSR count). The third kappa shape index (κ3) is 6.03. The minimum absolute atomic E-state index is 0.259. The maximum Gasteiger partial charge on any atom is 0.119 e. The molecule has 0 heterocycles. The molecule has 102 valence electrons. The van der Waals surface area contributed by atoms with Crippen molar-refractivity contribution < 1.29 is 9.47 Å². The summed E-state index contributed by atoms with van der Waals surface area (Å²) in [7, 11) is 0. The average Bonchev–Trinajstić information content (AvgIpc) is 2.37. The normalized spacial score (nSPS) is 12.4. The van der Waals surface area contributed by atoms with Gasteiger partial charge in [0.25, 0.3) is 0 Å². The zero-order chi connectivity index (χ0) is 13.2. The topological polar surface area (TPSA) is 30.5 Å². The van der Waals surface area contributed by atoms with E-state index in [1.165, 1.54) is 5.56 Å². The van der Waals surface area contributed by atoms with Crippen molar-refractivity contribution in [3.63, 3.8) is 0 Å². The monoisotopic (exact) mass is 251 g/mol. The van der Waals surface area contributed by atoms with Gasteiger partial charge in [0.1, 0.15) is 5.75 Å². The summed E-state index contributed by atoms with van der Waals surface area (Å²) in [6.07, 6.45) is 1.29. The van der Waals surface area contributed by atoms with Crippen LogP contribution < -0.4 is 10.1 Å². The zero-order valence-corrected chi connectivity index (χ0v) is 11.7. The van der Waals surface area contributed by atoms with Gasteiger partial charge in [0, 0.05) is 19.7 Å². The first-order valence-electron chi connectivity index (χ1n) is 6.80. The fourth-order valence-corrected chi connectivity index (χ4v) is 1.73. The summed E-state index contributed by atoms with van der Waals surface area (Å²) in [4.78, 5) is 0. The van der Waals surface area contributed by atoms with Gasteiger partial charge < -0.3 is 14.8 Å². The largest absolute Gasteiger partial charge is 0.494 e. The zero-order valence-electron chi connectivity index (χ0n) is 11.7. The van der Waals surface area contributed by atoms with Crippen molar-refractivity contribution >= 4 is 0 Å². The Hall–Kier alpha value is -1.06. The van der Waals surface area contributed by atoms with Crippen LogP contribution in [0.1, 0.15) is 32.8 Å². The Balaban J connectivity index is 2.33. The standard InChI is InChI=1S/C15H25NO2/c1-4-9-18-15-8-6-7-14(10-15)12-16-11-13(3)17-5-2/h6-8,10,13,16H,4-5,9,11-12H2,1-3H3. The summed E-state index contributed by atoms with van der Waals surface area (Å²) in [5, 5.41) is 3.39. The molecule has 0 amide bonds. The Morgan fingerprint density at radius 1 is 1.28 bits per heavy atom. The van der Waals surface area contributed by atoms with E-state index in [0.717, 1.165) is 38.5 Å². The Morgan fingerprint density at radius 2 is 2.11 bits per heavy atom. The van der Waals surface area contributed by atoms with Gasteiger partial charge in [-0.1, -0.05) is 19.1 Å². The first kappa shape index (κ1) is 15.0. The highest BCUT2D eigenvalue weighted by Crippen LogP contribution is 2.13. The molecule has 0 bridgehead atoms. The molecule has 0 radical (unpaired) electrons. The lowest BCUT2D eigenvalue weighted by atomic mass is 10.2. The first-order chi connectivity index (χ1) is 8.76. The van der Waals surface area contributed by atoms with Crippen molar-refractivity contribution in [1.82, 2.24) is 5.32 Å². The van der Waals surface area contributed by atoms with Gasteiger partial charge in [-0.15, -0.1) is 0 Å². The molecule has 3 heteroatoms. The van der Waals surface area contributed by atoms with E-state index in [2.05, 4.69) is 31.3 Å². The molecule has 0 saturated heterocycles. The number of hydrogen-bond acceptors (Lipinski definition) is 3. The van der Waals surface area contributed by atoms with E-state index in [-0.39, 0.29) is 6.10 Å².